The lowest BCUT2D eigenvalue weighted by Gasteiger charge is -2.32. The number of carbonyl (C=O) groups excluding carboxylic acids is 1. The number of hydrogen-bond donors (Lipinski definition) is 0. The van der Waals surface area contributed by atoms with E-state index in [4.69, 9.17) is 0 Å². The predicted molar refractivity (Wildman–Crippen MR) is 110 cm³/mol. The number of benzene rings is 1. The molecule has 1 heterocycles. The van der Waals surface area contributed by atoms with Gasteiger partial charge in [0.05, 0.1) is 6.26 Å². The van der Waals surface area contributed by atoms with Crippen LogP contribution in [-0.2, 0) is 21.2 Å². The van der Waals surface area contributed by atoms with Crippen LogP contribution < -0.4 is 0 Å². The Hall–Kier alpha value is -1.40. The minimum absolute atomic E-state index is 0.0753. The lowest BCUT2D eigenvalue weighted by molar-refractivity contribution is -0.132. The maximum atomic E-state index is 12.5. The zero-order valence-corrected chi connectivity index (χ0v) is 17.7. The molecule has 0 bridgehead atoms. The minimum atomic E-state index is -3.27. The first-order valence-electron chi connectivity index (χ1n) is 10.0. The van der Waals surface area contributed by atoms with Crippen molar-refractivity contribution < 1.29 is 13.2 Å². The van der Waals surface area contributed by atoms with E-state index in [1.807, 2.05) is 11.0 Å². The van der Waals surface area contributed by atoms with E-state index >= 15 is 0 Å². The van der Waals surface area contributed by atoms with Crippen molar-refractivity contribution in [3.8, 4) is 0 Å². The number of amides is 1. The molecular formula is C21H34N2O3S. The summed E-state index contributed by atoms with van der Waals surface area (Å²) in [6.07, 6.45) is 5.42. The number of likely N-dealkylation sites (tertiary alicyclic amines) is 1. The third-order valence-corrected chi connectivity index (χ3v) is 6.64. The summed E-state index contributed by atoms with van der Waals surface area (Å²) in [6.45, 7) is 6.48. The van der Waals surface area contributed by atoms with E-state index < -0.39 is 10.0 Å². The highest BCUT2D eigenvalue weighted by Gasteiger charge is 2.24. The molecule has 5 nitrogen and oxygen atoms in total. The summed E-state index contributed by atoms with van der Waals surface area (Å²) in [7, 11) is -3.27. The van der Waals surface area contributed by atoms with E-state index in [1.165, 1.54) is 16.1 Å². The third kappa shape index (κ3) is 7.62. The topological polar surface area (TPSA) is 57.7 Å². The molecule has 1 fully saturated rings. The highest BCUT2D eigenvalue weighted by molar-refractivity contribution is 7.88. The average Bonchev–Trinajstić information content (AvgIpc) is 2.61. The van der Waals surface area contributed by atoms with Gasteiger partial charge in [0.15, 0.2) is 0 Å². The zero-order chi connectivity index (χ0) is 19.9. The van der Waals surface area contributed by atoms with E-state index in [2.05, 4.69) is 38.1 Å². The number of sulfonamides is 1. The van der Waals surface area contributed by atoms with Crippen LogP contribution in [0.3, 0.4) is 0 Å². The molecule has 152 valence electrons. The molecule has 6 heteroatoms. The summed E-state index contributed by atoms with van der Waals surface area (Å²) in [6, 6.07) is 10.5. The Morgan fingerprint density at radius 1 is 1.15 bits per heavy atom. The summed E-state index contributed by atoms with van der Waals surface area (Å²) >= 11 is 0. The number of nitrogens with zero attached hydrogens (tertiary/aromatic N) is 2. The summed E-state index contributed by atoms with van der Waals surface area (Å²) in [5.41, 5.74) is 1.36. The van der Waals surface area contributed by atoms with Gasteiger partial charge in [-0.05, 0) is 43.1 Å². The quantitative estimate of drug-likeness (QED) is 0.646. The van der Waals surface area contributed by atoms with Gasteiger partial charge in [-0.1, -0.05) is 44.2 Å². The Morgan fingerprint density at radius 3 is 2.33 bits per heavy atom. The van der Waals surface area contributed by atoms with Crippen molar-refractivity contribution in [3.05, 3.63) is 35.9 Å². The molecule has 1 aromatic carbocycles. The van der Waals surface area contributed by atoms with Gasteiger partial charge >= 0.3 is 0 Å². The Labute approximate surface area is 164 Å². The number of piperidine rings is 1. The molecule has 27 heavy (non-hydrogen) atoms. The Balaban J connectivity index is 1.77. The first kappa shape index (κ1) is 21.9. The summed E-state index contributed by atoms with van der Waals surface area (Å²) in [5, 5.41) is 0. The minimum Gasteiger partial charge on any atom is -0.343 e. The summed E-state index contributed by atoms with van der Waals surface area (Å²) in [5.74, 6) is 1.13. The summed E-state index contributed by atoms with van der Waals surface area (Å²) < 4.78 is 25.4. The molecule has 1 aliphatic heterocycles. The van der Waals surface area contributed by atoms with Crippen molar-refractivity contribution in [1.82, 2.24) is 9.21 Å². The number of rotatable bonds is 9. The summed E-state index contributed by atoms with van der Waals surface area (Å²) in [4.78, 5) is 14.4. The van der Waals surface area contributed by atoms with E-state index in [-0.39, 0.29) is 18.9 Å². The highest BCUT2D eigenvalue weighted by Crippen LogP contribution is 2.22. The zero-order valence-electron chi connectivity index (χ0n) is 16.9. The number of carbonyl (C=O) groups is 1. The van der Waals surface area contributed by atoms with Crippen molar-refractivity contribution in [2.75, 3.05) is 32.4 Å². The van der Waals surface area contributed by atoms with Crippen LogP contribution in [0.1, 0.15) is 45.1 Å². The van der Waals surface area contributed by atoms with Gasteiger partial charge in [0.1, 0.15) is 0 Å². The lowest BCUT2D eigenvalue weighted by Crippen LogP contribution is -2.41. The van der Waals surface area contributed by atoms with Crippen LogP contribution in [0, 0.1) is 11.8 Å². The molecule has 0 aliphatic carbocycles. The molecular weight excluding hydrogens is 360 g/mol. The van der Waals surface area contributed by atoms with Gasteiger partial charge in [-0.15, -0.1) is 0 Å². The molecule has 0 radical (unpaired) electrons. The van der Waals surface area contributed by atoms with Crippen LogP contribution in [0.15, 0.2) is 30.3 Å². The molecule has 1 saturated heterocycles. The monoisotopic (exact) mass is 394 g/mol. The second-order valence-electron chi connectivity index (χ2n) is 8.11. The molecule has 2 rings (SSSR count). The van der Waals surface area contributed by atoms with Gasteiger partial charge in [-0.25, -0.2) is 12.7 Å². The first-order chi connectivity index (χ1) is 12.8. The van der Waals surface area contributed by atoms with Crippen molar-refractivity contribution >= 4 is 15.9 Å². The molecule has 0 atom stereocenters. The fraction of sp³-hybridized carbons (Fsp3) is 0.667. The Kier molecular flexibility index (Phi) is 8.29. The van der Waals surface area contributed by atoms with Gasteiger partial charge in [0.25, 0.3) is 0 Å². The van der Waals surface area contributed by atoms with Crippen molar-refractivity contribution in [2.24, 2.45) is 11.8 Å². The van der Waals surface area contributed by atoms with Gasteiger partial charge in [-0.2, -0.15) is 0 Å². The Morgan fingerprint density at radius 2 is 1.78 bits per heavy atom. The Bertz CT molecular complexity index is 681. The van der Waals surface area contributed by atoms with Crippen LogP contribution in [-0.4, -0.2) is 56.0 Å². The SMILES string of the molecule is CC(C)CCN(CCC(=O)N1CCC(Cc2ccccc2)CC1)S(C)(=O)=O. The van der Waals surface area contributed by atoms with Crippen LogP contribution in [0.4, 0.5) is 0 Å². The molecule has 1 aliphatic rings. The number of hydrogen-bond acceptors (Lipinski definition) is 3. The largest absolute Gasteiger partial charge is 0.343 e. The molecule has 1 aromatic rings. The fourth-order valence-electron chi connectivity index (χ4n) is 3.56. The van der Waals surface area contributed by atoms with Gasteiger partial charge in [-0.3, -0.25) is 4.79 Å². The van der Waals surface area contributed by atoms with Crippen molar-refractivity contribution in [2.45, 2.75) is 46.0 Å². The fourth-order valence-corrected chi connectivity index (χ4v) is 4.42. The molecule has 1 amide bonds. The van der Waals surface area contributed by atoms with Crippen molar-refractivity contribution in [1.29, 1.82) is 0 Å². The van der Waals surface area contributed by atoms with E-state index in [0.717, 1.165) is 38.8 Å². The maximum Gasteiger partial charge on any atom is 0.223 e. The standard InChI is InChI=1S/C21H34N2O3S/c1-18(2)9-15-23(27(3,25)26)16-12-21(24)22-13-10-20(11-14-22)17-19-7-5-4-6-8-19/h4-8,18,20H,9-17H2,1-3H3. The van der Waals surface area contributed by atoms with E-state index in [9.17, 15) is 13.2 Å². The van der Waals surface area contributed by atoms with Crippen LogP contribution in [0.2, 0.25) is 0 Å². The third-order valence-electron chi connectivity index (χ3n) is 5.33. The van der Waals surface area contributed by atoms with Crippen LogP contribution >= 0.6 is 0 Å². The van der Waals surface area contributed by atoms with Gasteiger partial charge in [0, 0.05) is 32.6 Å². The van der Waals surface area contributed by atoms with Crippen LogP contribution in [0.25, 0.3) is 0 Å². The van der Waals surface area contributed by atoms with E-state index in [0.29, 0.717) is 18.4 Å². The molecule has 0 saturated carbocycles. The predicted octanol–water partition coefficient (Wildman–Crippen LogP) is 3.17. The molecule has 0 aromatic heterocycles. The maximum absolute atomic E-state index is 12.5. The first-order valence-corrected chi connectivity index (χ1v) is 11.9. The average molecular weight is 395 g/mol. The second kappa shape index (κ2) is 10.2. The van der Waals surface area contributed by atoms with Gasteiger partial charge < -0.3 is 4.90 Å². The molecule has 0 spiro atoms. The van der Waals surface area contributed by atoms with E-state index in [1.54, 1.807) is 0 Å². The smallest absolute Gasteiger partial charge is 0.223 e. The van der Waals surface area contributed by atoms with Gasteiger partial charge in [0.2, 0.25) is 15.9 Å². The van der Waals surface area contributed by atoms with Crippen molar-refractivity contribution in [3.63, 3.8) is 0 Å². The second-order valence-corrected chi connectivity index (χ2v) is 10.1. The molecule has 0 N–H and O–H groups in total. The normalized spacial score (nSPS) is 16.3. The van der Waals surface area contributed by atoms with Crippen LogP contribution in [0.5, 0.6) is 0 Å². The molecule has 0 unspecified atom stereocenters. The lowest BCUT2D eigenvalue weighted by atomic mass is 9.90. The highest BCUT2D eigenvalue weighted by atomic mass is 32.2.